The topological polar surface area (TPSA) is 98.4 Å². The lowest BCUT2D eigenvalue weighted by Gasteiger charge is -2.24. The number of hydrogen-bond donors (Lipinski definition) is 1. The number of primary amides is 1. The van der Waals surface area contributed by atoms with Gasteiger partial charge in [-0.3, -0.25) is 9.78 Å². The van der Waals surface area contributed by atoms with Gasteiger partial charge in [-0.2, -0.15) is 0 Å². The average molecular weight is 306 g/mol. The molecule has 1 fully saturated rings. The van der Waals surface area contributed by atoms with E-state index in [0.29, 0.717) is 25.4 Å². The Morgan fingerprint density at radius 2 is 2.09 bits per heavy atom. The van der Waals surface area contributed by atoms with E-state index in [1.807, 2.05) is 20.8 Å². The molecular formula is C15H22N4O3. The fourth-order valence-corrected chi connectivity index (χ4v) is 2.37. The van der Waals surface area contributed by atoms with Crippen LogP contribution in [0.3, 0.4) is 0 Å². The van der Waals surface area contributed by atoms with Crippen LogP contribution in [0.25, 0.3) is 0 Å². The Morgan fingerprint density at radius 1 is 1.36 bits per heavy atom. The highest BCUT2D eigenvalue weighted by atomic mass is 16.6. The van der Waals surface area contributed by atoms with Crippen molar-refractivity contribution < 1.29 is 14.3 Å². The lowest BCUT2D eigenvalue weighted by Crippen LogP contribution is -2.35. The van der Waals surface area contributed by atoms with Gasteiger partial charge in [-0.05, 0) is 39.5 Å². The van der Waals surface area contributed by atoms with E-state index in [4.69, 9.17) is 10.5 Å². The summed E-state index contributed by atoms with van der Waals surface area (Å²) in [6.07, 6.45) is 4.29. The molecule has 1 unspecified atom stereocenters. The molecule has 7 heteroatoms. The predicted octanol–water partition coefficient (Wildman–Crippen LogP) is 1.38. The lowest BCUT2D eigenvalue weighted by molar-refractivity contribution is 0.0288. The lowest BCUT2D eigenvalue weighted by atomic mass is 10.0. The number of amides is 2. The molecule has 1 saturated heterocycles. The highest BCUT2D eigenvalue weighted by Gasteiger charge is 2.30. The first-order valence-corrected chi connectivity index (χ1v) is 7.33. The summed E-state index contributed by atoms with van der Waals surface area (Å²) < 4.78 is 5.37. The molecule has 1 aromatic rings. The van der Waals surface area contributed by atoms with E-state index in [1.54, 1.807) is 11.1 Å². The normalized spacial score (nSPS) is 18.3. The van der Waals surface area contributed by atoms with Crippen molar-refractivity contribution in [3.05, 3.63) is 23.8 Å². The number of rotatable bonds is 3. The molecule has 0 radical (unpaired) electrons. The summed E-state index contributed by atoms with van der Waals surface area (Å²) in [5.74, 6) is -0.266. The van der Waals surface area contributed by atoms with E-state index < -0.39 is 11.5 Å². The molecule has 1 aliphatic heterocycles. The van der Waals surface area contributed by atoms with Crippen LogP contribution in [0.15, 0.2) is 12.4 Å². The van der Waals surface area contributed by atoms with E-state index in [2.05, 4.69) is 9.97 Å². The first-order valence-electron chi connectivity index (χ1n) is 7.33. The molecule has 2 N–H and O–H groups in total. The Kier molecular flexibility index (Phi) is 4.63. The van der Waals surface area contributed by atoms with Gasteiger partial charge in [0.05, 0.1) is 11.9 Å². The second-order valence-electron chi connectivity index (χ2n) is 6.54. The summed E-state index contributed by atoms with van der Waals surface area (Å²) in [5, 5.41) is 0. The van der Waals surface area contributed by atoms with Gasteiger partial charge < -0.3 is 15.4 Å². The number of aromatic nitrogens is 2. The number of ether oxygens (including phenoxy) is 1. The minimum atomic E-state index is -0.587. The zero-order chi connectivity index (χ0) is 16.3. The highest BCUT2D eigenvalue weighted by molar-refractivity contribution is 5.90. The molecule has 7 nitrogen and oxygen atoms in total. The van der Waals surface area contributed by atoms with Crippen molar-refractivity contribution in [2.24, 2.45) is 11.7 Å². The maximum absolute atomic E-state index is 12.0. The van der Waals surface area contributed by atoms with E-state index in [-0.39, 0.29) is 11.8 Å². The van der Waals surface area contributed by atoms with E-state index in [1.165, 1.54) is 6.20 Å². The fourth-order valence-electron chi connectivity index (χ4n) is 2.37. The van der Waals surface area contributed by atoms with Crippen LogP contribution in [0, 0.1) is 5.92 Å². The van der Waals surface area contributed by atoms with E-state index in [9.17, 15) is 9.59 Å². The number of carbonyl (C=O) groups is 2. The van der Waals surface area contributed by atoms with E-state index >= 15 is 0 Å². The number of likely N-dealkylation sites (tertiary alicyclic amines) is 1. The van der Waals surface area contributed by atoms with Gasteiger partial charge in [0, 0.05) is 19.3 Å². The molecule has 2 amide bonds. The zero-order valence-electron chi connectivity index (χ0n) is 13.2. The van der Waals surface area contributed by atoms with Gasteiger partial charge in [-0.1, -0.05) is 0 Å². The van der Waals surface area contributed by atoms with Gasteiger partial charge in [-0.15, -0.1) is 0 Å². The third kappa shape index (κ3) is 4.41. The Hall–Kier alpha value is -2.18. The summed E-state index contributed by atoms with van der Waals surface area (Å²) in [6, 6.07) is 0. The minimum Gasteiger partial charge on any atom is -0.444 e. The highest BCUT2D eigenvalue weighted by Crippen LogP contribution is 2.22. The Bertz CT molecular complexity index is 551. The van der Waals surface area contributed by atoms with Gasteiger partial charge >= 0.3 is 6.09 Å². The van der Waals surface area contributed by atoms with Crippen LogP contribution in [-0.4, -0.2) is 45.6 Å². The third-order valence-corrected chi connectivity index (χ3v) is 3.39. The number of carbonyl (C=O) groups excluding carboxylic acids is 2. The Labute approximate surface area is 129 Å². The van der Waals surface area contributed by atoms with Crippen molar-refractivity contribution in [1.82, 2.24) is 14.9 Å². The second-order valence-corrected chi connectivity index (χ2v) is 6.54. The molecule has 1 atom stereocenters. The molecule has 0 bridgehead atoms. The maximum Gasteiger partial charge on any atom is 0.410 e. The summed E-state index contributed by atoms with van der Waals surface area (Å²) >= 11 is 0. The van der Waals surface area contributed by atoms with Crippen LogP contribution >= 0.6 is 0 Å². The van der Waals surface area contributed by atoms with Crippen molar-refractivity contribution in [3.63, 3.8) is 0 Å². The van der Waals surface area contributed by atoms with Crippen LogP contribution in [0.5, 0.6) is 0 Å². The largest absolute Gasteiger partial charge is 0.444 e. The molecule has 2 heterocycles. The average Bonchev–Trinajstić information content (AvgIpc) is 2.86. The zero-order valence-corrected chi connectivity index (χ0v) is 13.2. The summed E-state index contributed by atoms with van der Waals surface area (Å²) in [5.41, 5.74) is 5.60. The number of nitrogens with two attached hydrogens (primary N) is 1. The maximum atomic E-state index is 12.0. The van der Waals surface area contributed by atoms with Crippen molar-refractivity contribution in [2.75, 3.05) is 13.1 Å². The molecule has 1 aromatic heterocycles. The molecule has 2 rings (SSSR count). The van der Waals surface area contributed by atoms with Gasteiger partial charge in [-0.25, -0.2) is 9.78 Å². The van der Waals surface area contributed by atoms with Gasteiger partial charge in [0.1, 0.15) is 11.3 Å². The molecule has 0 spiro atoms. The van der Waals surface area contributed by atoms with Crippen LogP contribution < -0.4 is 5.73 Å². The van der Waals surface area contributed by atoms with Crippen molar-refractivity contribution in [2.45, 2.75) is 39.2 Å². The standard InChI is InChI=1S/C15H22N4O3/c1-15(2,3)22-14(21)19-5-4-10(9-19)6-11-7-18-12(8-17-11)13(16)20/h7-8,10H,4-6,9H2,1-3H3,(H2,16,20). The monoisotopic (exact) mass is 306 g/mol. The molecule has 1 aliphatic rings. The summed E-state index contributed by atoms with van der Waals surface area (Å²) in [4.78, 5) is 32.9. The van der Waals surface area contributed by atoms with Crippen LogP contribution in [0.4, 0.5) is 4.79 Å². The first-order chi connectivity index (χ1) is 10.2. The van der Waals surface area contributed by atoms with Gasteiger partial charge in [0.15, 0.2) is 0 Å². The van der Waals surface area contributed by atoms with E-state index in [0.717, 1.165) is 12.1 Å². The third-order valence-electron chi connectivity index (χ3n) is 3.39. The Balaban J connectivity index is 1.88. The van der Waals surface area contributed by atoms with Crippen LogP contribution in [0.2, 0.25) is 0 Å². The van der Waals surface area contributed by atoms with Crippen molar-refractivity contribution >= 4 is 12.0 Å². The number of nitrogens with zero attached hydrogens (tertiary/aromatic N) is 3. The molecular weight excluding hydrogens is 284 g/mol. The second kappa shape index (κ2) is 6.29. The van der Waals surface area contributed by atoms with Gasteiger partial charge in [0.25, 0.3) is 5.91 Å². The molecule has 0 aromatic carbocycles. The minimum absolute atomic E-state index is 0.158. The van der Waals surface area contributed by atoms with Crippen LogP contribution in [-0.2, 0) is 11.2 Å². The summed E-state index contributed by atoms with van der Waals surface area (Å²) in [7, 11) is 0. The Morgan fingerprint density at radius 3 is 2.64 bits per heavy atom. The predicted molar refractivity (Wildman–Crippen MR) is 80.2 cm³/mol. The quantitative estimate of drug-likeness (QED) is 0.909. The molecule has 0 saturated carbocycles. The van der Waals surface area contributed by atoms with Crippen LogP contribution in [0.1, 0.15) is 43.4 Å². The first kappa shape index (κ1) is 16.2. The smallest absolute Gasteiger partial charge is 0.410 e. The van der Waals surface area contributed by atoms with Crippen molar-refractivity contribution in [3.8, 4) is 0 Å². The summed E-state index contributed by atoms with van der Waals surface area (Å²) in [6.45, 7) is 6.90. The molecule has 0 aliphatic carbocycles. The molecule has 22 heavy (non-hydrogen) atoms. The SMILES string of the molecule is CC(C)(C)OC(=O)N1CCC(Cc2cnc(C(N)=O)cn2)C1. The van der Waals surface area contributed by atoms with Gasteiger partial charge in [0.2, 0.25) is 0 Å². The van der Waals surface area contributed by atoms with Crippen molar-refractivity contribution in [1.29, 1.82) is 0 Å². The number of hydrogen-bond acceptors (Lipinski definition) is 5. The fraction of sp³-hybridized carbons (Fsp3) is 0.600. The molecule has 120 valence electrons.